The average molecular weight is 338 g/mol. The molecule has 2 N–H and O–H groups in total. The third-order valence-electron chi connectivity index (χ3n) is 3.84. The lowest BCUT2D eigenvalue weighted by Crippen LogP contribution is -2.18. The van der Waals surface area contributed by atoms with E-state index in [9.17, 15) is 9.59 Å². The van der Waals surface area contributed by atoms with E-state index in [1.807, 2.05) is 30.3 Å². The largest absolute Gasteiger partial charge is 0.339 e. The highest BCUT2D eigenvalue weighted by Crippen LogP contribution is 2.19. The van der Waals surface area contributed by atoms with Crippen LogP contribution in [0.2, 0.25) is 5.02 Å². The molecule has 4 aromatic rings. The van der Waals surface area contributed by atoms with Crippen molar-refractivity contribution < 1.29 is 0 Å². The summed E-state index contributed by atoms with van der Waals surface area (Å²) in [7, 11) is 0. The van der Waals surface area contributed by atoms with Crippen molar-refractivity contribution in [1.29, 1.82) is 0 Å². The van der Waals surface area contributed by atoms with E-state index in [1.54, 1.807) is 24.3 Å². The van der Waals surface area contributed by atoms with Crippen LogP contribution in [0.3, 0.4) is 0 Å². The highest BCUT2D eigenvalue weighted by molar-refractivity contribution is 6.30. The Hall–Kier alpha value is -3.05. The molecular formula is C18H12ClN3O2. The minimum absolute atomic E-state index is 0.108. The Morgan fingerprint density at radius 2 is 1.62 bits per heavy atom. The van der Waals surface area contributed by atoms with Gasteiger partial charge in [0.15, 0.2) is 5.43 Å². The van der Waals surface area contributed by atoms with Gasteiger partial charge in [-0.3, -0.25) is 14.7 Å². The SMILES string of the molecule is O=c1cc(-c2ccc(Cl)cc2)[nH]c2[nH]n(-c3ccccc3)c(=O)c12. The Labute approximate surface area is 141 Å². The molecule has 5 nitrogen and oxygen atoms in total. The highest BCUT2D eigenvalue weighted by Gasteiger charge is 2.13. The van der Waals surface area contributed by atoms with E-state index in [0.29, 0.717) is 22.1 Å². The molecule has 6 heteroatoms. The molecule has 0 unspecified atom stereocenters. The molecule has 2 heterocycles. The van der Waals surface area contributed by atoms with E-state index in [0.717, 1.165) is 5.56 Å². The second kappa shape index (κ2) is 5.54. The second-order valence-electron chi connectivity index (χ2n) is 5.39. The third-order valence-corrected chi connectivity index (χ3v) is 4.09. The summed E-state index contributed by atoms with van der Waals surface area (Å²) in [4.78, 5) is 28.1. The number of fused-ring (bicyclic) bond motifs is 1. The predicted molar refractivity (Wildman–Crippen MR) is 95.0 cm³/mol. The van der Waals surface area contributed by atoms with Crippen molar-refractivity contribution >= 4 is 22.6 Å². The summed E-state index contributed by atoms with van der Waals surface area (Å²) in [6.45, 7) is 0. The van der Waals surface area contributed by atoms with Gasteiger partial charge in [0.1, 0.15) is 11.0 Å². The molecule has 0 atom stereocenters. The van der Waals surface area contributed by atoms with Crippen molar-refractivity contribution in [3.05, 3.63) is 86.3 Å². The molecule has 0 radical (unpaired) electrons. The van der Waals surface area contributed by atoms with Crippen molar-refractivity contribution in [2.24, 2.45) is 0 Å². The van der Waals surface area contributed by atoms with Crippen molar-refractivity contribution in [3.63, 3.8) is 0 Å². The molecule has 0 fully saturated rings. The second-order valence-corrected chi connectivity index (χ2v) is 5.83. The van der Waals surface area contributed by atoms with Gasteiger partial charge in [0.2, 0.25) is 0 Å². The van der Waals surface area contributed by atoms with Gasteiger partial charge in [-0.25, -0.2) is 4.68 Å². The zero-order chi connectivity index (χ0) is 16.7. The fourth-order valence-electron chi connectivity index (χ4n) is 2.67. The number of rotatable bonds is 2. The molecule has 0 saturated carbocycles. The first kappa shape index (κ1) is 14.5. The average Bonchev–Trinajstić information content (AvgIpc) is 2.93. The molecular weight excluding hydrogens is 326 g/mol. The molecule has 4 rings (SSSR count). The minimum Gasteiger partial charge on any atom is -0.339 e. The molecule has 0 bridgehead atoms. The number of pyridine rings is 1. The van der Waals surface area contributed by atoms with Crippen molar-refractivity contribution in [3.8, 4) is 16.9 Å². The lowest BCUT2D eigenvalue weighted by Gasteiger charge is -2.02. The van der Waals surface area contributed by atoms with Crippen LogP contribution in [0.5, 0.6) is 0 Å². The van der Waals surface area contributed by atoms with Gasteiger partial charge in [0, 0.05) is 11.1 Å². The van der Waals surface area contributed by atoms with Crippen LogP contribution in [0, 0.1) is 0 Å². The zero-order valence-corrected chi connectivity index (χ0v) is 13.2. The molecule has 0 aliphatic carbocycles. The van der Waals surface area contributed by atoms with Crippen molar-refractivity contribution in [1.82, 2.24) is 14.8 Å². The van der Waals surface area contributed by atoms with E-state index in [2.05, 4.69) is 10.1 Å². The summed E-state index contributed by atoms with van der Waals surface area (Å²) in [5.41, 5.74) is 1.78. The summed E-state index contributed by atoms with van der Waals surface area (Å²) in [5, 5.41) is 3.69. The number of H-pyrrole nitrogens is 2. The Morgan fingerprint density at radius 1 is 0.917 bits per heavy atom. The fourth-order valence-corrected chi connectivity index (χ4v) is 2.80. The van der Waals surface area contributed by atoms with E-state index < -0.39 is 0 Å². The minimum atomic E-state index is -0.375. The lowest BCUT2D eigenvalue weighted by molar-refractivity contribution is 0.858. The number of benzene rings is 2. The summed E-state index contributed by atoms with van der Waals surface area (Å²) >= 11 is 5.89. The molecule has 0 aliphatic heterocycles. The van der Waals surface area contributed by atoms with E-state index in [4.69, 9.17) is 11.6 Å². The van der Waals surface area contributed by atoms with E-state index >= 15 is 0 Å². The molecule has 0 amide bonds. The van der Waals surface area contributed by atoms with Crippen LogP contribution in [0.25, 0.3) is 28.0 Å². The van der Waals surface area contributed by atoms with Gasteiger partial charge in [-0.05, 0) is 29.8 Å². The third kappa shape index (κ3) is 2.35. The standard InChI is InChI=1S/C18H12ClN3O2/c19-12-8-6-11(7-9-12)14-10-15(23)16-17(20-14)21-22(18(16)24)13-4-2-1-3-5-13/h1-10H,(H2,20,21,23). The number of halogens is 1. The number of para-hydroxylation sites is 1. The molecule has 2 aromatic carbocycles. The normalized spacial score (nSPS) is 11.0. The van der Waals surface area contributed by atoms with Gasteiger partial charge in [0.05, 0.1) is 11.4 Å². The Balaban J connectivity index is 1.95. The topological polar surface area (TPSA) is 70.7 Å². The number of nitrogens with zero attached hydrogens (tertiary/aromatic N) is 1. The van der Waals surface area contributed by atoms with Crippen LogP contribution >= 0.6 is 11.6 Å². The van der Waals surface area contributed by atoms with E-state index in [1.165, 1.54) is 10.7 Å². The number of nitrogens with one attached hydrogen (secondary N) is 2. The van der Waals surface area contributed by atoms with Gasteiger partial charge < -0.3 is 4.98 Å². The fraction of sp³-hybridized carbons (Fsp3) is 0. The van der Waals surface area contributed by atoms with Gasteiger partial charge in [0.25, 0.3) is 5.56 Å². The molecule has 0 aliphatic rings. The van der Waals surface area contributed by atoms with Gasteiger partial charge in [-0.1, -0.05) is 41.9 Å². The number of aromatic amines is 2. The van der Waals surface area contributed by atoms with Crippen LogP contribution < -0.4 is 11.0 Å². The van der Waals surface area contributed by atoms with Gasteiger partial charge >= 0.3 is 0 Å². The van der Waals surface area contributed by atoms with Crippen LogP contribution in [0.15, 0.2) is 70.3 Å². The first-order valence-electron chi connectivity index (χ1n) is 7.33. The van der Waals surface area contributed by atoms with E-state index in [-0.39, 0.29) is 16.4 Å². The quantitative estimate of drug-likeness (QED) is 0.589. The number of hydrogen-bond donors (Lipinski definition) is 2. The monoisotopic (exact) mass is 337 g/mol. The Bertz CT molecular complexity index is 1140. The molecule has 118 valence electrons. The van der Waals surface area contributed by atoms with Gasteiger partial charge in [-0.2, -0.15) is 0 Å². The van der Waals surface area contributed by atoms with Crippen molar-refractivity contribution in [2.45, 2.75) is 0 Å². The summed E-state index contributed by atoms with van der Waals surface area (Å²) < 4.78 is 1.36. The maximum absolute atomic E-state index is 12.5. The smallest absolute Gasteiger partial charge is 0.284 e. The summed E-state index contributed by atoms with van der Waals surface area (Å²) in [6.07, 6.45) is 0. The summed E-state index contributed by atoms with van der Waals surface area (Å²) in [6, 6.07) is 17.6. The Kier molecular flexibility index (Phi) is 3.36. The van der Waals surface area contributed by atoms with Crippen LogP contribution in [0.1, 0.15) is 0 Å². The van der Waals surface area contributed by atoms with Crippen molar-refractivity contribution in [2.75, 3.05) is 0 Å². The lowest BCUT2D eigenvalue weighted by atomic mass is 10.1. The molecule has 0 saturated heterocycles. The maximum Gasteiger partial charge on any atom is 0.284 e. The molecule has 0 spiro atoms. The van der Waals surface area contributed by atoms with Gasteiger partial charge in [-0.15, -0.1) is 0 Å². The van der Waals surface area contributed by atoms with Crippen LogP contribution in [-0.4, -0.2) is 14.8 Å². The highest BCUT2D eigenvalue weighted by atomic mass is 35.5. The van der Waals surface area contributed by atoms with Crippen LogP contribution in [-0.2, 0) is 0 Å². The summed E-state index contributed by atoms with van der Waals surface area (Å²) in [5.74, 6) is 0. The number of aromatic nitrogens is 3. The Morgan fingerprint density at radius 3 is 2.33 bits per heavy atom. The van der Waals surface area contributed by atoms with Crippen LogP contribution in [0.4, 0.5) is 0 Å². The number of hydrogen-bond acceptors (Lipinski definition) is 2. The molecule has 2 aromatic heterocycles. The zero-order valence-electron chi connectivity index (χ0n) is 12.4. The predicted octanol–water partition coefficient (Wildman–Crippen LogP) is 3.33. The maximum atomic E-state index is 12.5. The first-order valence-corrected chi connectivity index (χ1v) is 7.71. The first-order chi connectivity index (χ1) is 11.6. The molecule has 24 heavy (non-hydrogen) atoms.